The maximum atomic E-state index is 3.89. The third-order valence-corrected chi connectivity index (χ3v) is 4.32. The van der Waals surface area contributed by atoms with Crippen LogP contribution in [0.4, 0.5) is 0 Å². The molecule has 1 unspecified atom stereocenters. The first-order valence-corrected chi connectivity index (χ1v) is 8.08. The highest BCUT2D eigenvalue weighted by molar-refractivity contribution is 4.89. The maximum absolute atomic E-state index is 3.89. The van der Waals surface area contributed by atoms with Crippen LogP contribution in [0.1, 0.15) is 90.9 Å². The zero-order valence-electron chi connectivity index (χ0n) is 12.2. The number of hydrogen-bond acceptors (Lipinski definition) is 1. The minimum atomic E-state index is 0.511. The van der Waals surface area contributed by atoms with Gasteiger partial charge in [-0.2, -0.15) is 0 Å². The van der Waals surface area contributed by atoms with E-state index in [1.807, 2.05) is 0 Å². The van der Waals surface area contributed by atoms with Gasteiger partial charge in [0, 0.05) is 5.54 Å². The molecule has 0 aromatic carbocycles. The molecule has 0 saturated carbocycles. The molecular formula is C16H33N. The van der Waals surface area contributed by atoms with Gasteiger partial charge in [0.25, 0.3) is 0 Å². The van der Waals surface area contributed by atoms with Crippen molar-refractivity contribution >= 4 is 0 Å². The Balaban J connectivity index is 2.29. The van der Waals surface area contributed by atoms with Crippen LogP contribution in [-0.2, 0) is 0 Å². The first kappa shape index (κ1) is 15.0. The lowest BCUT2D eigenvalue weighted by Crippen LogP contribution is -2.44. The van der Waals surface area contributed by atoms with Gasteiger partial charge in [-0.05, 0) is 32.2 Å². The lowest BCUT2D eigenvalue weighted by Gasteiger charge is -2.34. The summed E-state index contributed by atoms with van der Waals surface area (Å²) in [5.41, 5.74) is 0.511. The van der Waals surface area contributed by atoms with Gasteiger partial charge in [-0.15, -0.1) is 0 Å². The zero-order chi connectivity index (χ0) is 12.4. The number of nitrogens with one attached hydrogen (secondary N) is 1. The quantitative estimate of drug-likeness (QED) is 0.584. The predicted octanol–water partition coefficient (Wildman–Crippen LogP) is 5.05. The first-order valence-electron chi connectivity index (χ1n) is 8.08. The molecule has 0 spiro atoms. The molecule has 1 N–H and O–H groups in total. The summed E-state index contributed by atoms with van der Waals surface area (Å²) >= 11 is 0. The molecular weight excluding hydrogens is 206 g/mol. The number of hydrogen-bond donors (Lipinski definition) is 1. The summed E-state index contributed by atoms with van der Waals surface area (Å²) in [7, 11) is 0. The van der Waals surface area contributed by atoms with E-state index in [1.165, 1.54) is 83.6 Å². The predicted molar refractivity (Wildman–Crippen MR) is 77.5 cm³/mol. The zero-order valence-corrected chi connectivity index (χ0v) is 12.2. The van der Waals surface area contributed by atoms with Gasteiger partial charge >= 0.3 is 0 Å². The molecule has 1 heteroatoms. The van der Waals surface area contributed by atoms with Gasteiger partial charge in [-0.3, -0.25) is 0 Å². The van der Waals surface area contributed by atoms with E-state index in [9.17, 15) is 0 Å². The summed E-state index contributed by atoms with van der Waals surface area (Å²) in [4.78, 5) is 0. The maximum Gasteiger partial charge on any atom is 0.0181 e. The Labute approximate surface area is 109 Å². The standard InChI is InChI=1S/C16H33N/c1-3-5-6-7-9-13-16(12-4-2)14-10-8-11-15-17-16/h17H,3-15H2,1-2H3. The van der Waals surface area contributed by atoms with Crippen molar-refractivity contribution in [2.24, 2.45) is 0 Å². The molecule has 0 aliphatic carbocycles. The van der Waals surface area contributed by atoms with Crippen molar-refractivity contribution < 1.29 is 0 Å². The largest absolute Gasteiger partial charge is 0.311 e. The van der Waals surface area contributed by atoms with Crippen LogP contribution in [0, 0.1) is 0 Å². The van der Waals surface area contributed by atoms with E-state index in [-0.39, 0.29) is 0 Å². The van der Waals surface area contributed by atoms with Crippen LogP contribution in [-0.4, -0.2) is 12.1 Å². The van der Waals surface area contributed by atoms with E-state index in [1.54, 1.807) is 0 Å². The summed E-state index contributed by atoms with van der Waals surface area (Å²) in [6, 6.07) is 0. The lowest BCUT2D eigenvalue weighted by atomic mass is 9.83. The second-order valence-electron chi connectivity index (χ2n) is 5.93. The third-order valence-electron chi connectivity index (χ3n) is 4.32. The smallest absolute Gasteiger partial charge is 0.0181 e. The van der Waals surface area contributed by atoms with Crippen LogP contribution >= 0.6 is 0 Å². The molecule has 1 atom stereocenters. The molecule has 1 aliphatic heterocycles. The topological polar surface area (TPSA) is 12.0 Å². The third kappa shape index (κ3) is 5.90. The van der Waals surface area contributed by atoms with E-state index in [0.717, 1.165) is 0 Å². The van der Waals surface area contributed by atoms with Gasteiger partial charge in [0.2, 0.25) is 0 Å². The van der Waals surface area contributed by atoms with Crippen LogP contribution < -0.4 is 5.32 Å². The molecule has 1 heterocycles. The van der Waals surface area contributed by atoms with E-state index >= 15 is 0 Å². The minimum Gasteiger partial charge on any atom is -0.311 e. The highest BCUT2D eigenvalue weighted by Gasteiger charge is 2.28. The van der Waals surface area contributed by atoms with E-state index < -0.39 is 0 Å². The highest BCUT2D eigenvalue weighted by atomic mass is 15.0. The summed E-state index contributed by atoms with van der Waals surface area (Å²) < 4.78 is 0. The van der Waals surface area contributed by atoms with Crippen molar-refractivity contribution in [3.05, 3.63) is 0 Å². The van der Waals surface area contributed by atoms with Gasteiger partial charge in [0.05, 0.1) is 0 Å². The van der Waals surface area contributed by atoms with Crippen LogP contribution in [0.2, 0.25) is 0 Å². The molecule has 1 rings (SSSR count). The van der Waals surface area contributed by atoms with E-state index in [0.29, 0.717) is 5.54 Å². The molecule has 17 heavy (non-hydrogen) atoms. The molecule has 1 fully saturated rings. The molecule has 0 radical (unpaired) electrons. The molecule has 1 aliphatic rings. The second kappa shape index (κ2) is 8.97. The van der Waals surface area contributed by atoms with Crippen molar-refractivity contribution in [1.29, 1.82) is 0 Å². The van der Waals surface area contributed by atoms with Gasteiger partial charge in [-0.25, -0.2) is 0 Å². The Morgan fingerprint density at radius 1 is 0.824 bits per heavy atom. The monoisotopic (exact) mass is 239 g/mol. The Morgan fingerprint density at radius 2 is 1.65 bits per heavy atom. The van der Waals surface area contributed by atoms with Crippen LogP contribution in [0.15, 0.2) is 0 Å². The Bertz CT molecular complexity index is 168. The fraction of sp³-hybridized carbons (Fsp3) is 1.00. The molecule has 1 saturated heterocycles. The molecule has 0 amide bonds. The van der Waals surface area contributed by atoms with Gasteiger partial charge in [0.1, 0.15) is 0 Å². The number of unbranched alkanes of at least 4 members (excludes halogenated alkanes) is 4. The fourth-order valence-corrected chi connectivity index (χ4v) is 3.30. The van der Waals surface area contributed by atoms with Gasteiger partial charge in [0.15, 0.2) is 0 Å². The Kier molecular flexibility index (Phi) is 7.92. The number of rotatable bonds is 8. The Morgan fingerprint density at radius 3 is 2.41 bits per heavy atom. The highest BCUT2D eigenvalue weighted by Crippen LogP contribution is 2.29. The second-order valence-corrected chi connectivity index (χ2v) is 5.93. The molecule has 0 bridgehead atoms. The van der Waals surface area contributed by atoms with E-state index in [4.69, 9.17) is 0 Å². The van der Waals surface area contributed by atoms with E-state index in [2.05, 4.69) is 19.2 Å². The average Bonchev–Trinajstić information content (AvgIpc) is 2.56. The van der Waals surface area contributed by atoms with Crippen LogP contribution in [0.25, 0.3) is 0 Å². The molecule has 102 valence electrons. The minimum absolute atomic E-state index is 0.511. The SMILES string of the molecule is CCCCCCCC1(CCC)CCCCCN1. The molecule has 0 aromatic heterocycles. The normalized spacial score (nSPS) is 25.8. The van der Waals surface area contributed by atoms with Crippen molar-refractivity contribution in [2.45, 2.75) is 96.4 Å². The van der Waals surface area contributed by atoms with Crippen molar-refractivity contribution in [1.82, 2.24) is 5.32 Å². The summed E-state index contributed by atoms with van der Waals surface area (Å²) in [5, 5.41) is 3.89. The van der Waals surface area contributed by atoms with Gasteiger partial charge in [-0.1, -0.05) is 65.2 Å². The molecule has 0 aromatic rings. The lowest BCUT2D eigenvalue weighted by molar-refractivity contribution is 0.261. The first-order chi connectivity index (χ1) is 8.33. The Hall–Kier alpha value is -0.0400. The van der Waals surface area contributed by atoms with Gasteiger partial charge < -0.3 is 5.32 Å². The molecule has 1 nitrogen and oxygen atoms in total. The van der Waals surface area contributed by atoms with Crippen LogP contribution in [0.5, 0.6) is 0 Å². The van der Waals surface area contributed by atoms with Crippen molar-refractivity contribution in [3.8, 4) is 0 Å². The van der Waals surface area contributed by atoms with Crippen LogP contribution in [0.3, 0.4) is 0 Å². The fourth-order valence-electron chi connectivity index (χ4n) is 3.30. The van der Waals surface area contributed by atoms with Crippen molar-refractivity contribution in [2.75, 3.05) is 6.54 Å². The summed E-state index contributed by atoms with van der Waals surface area (Å²) in [6.45, 7) is 5.89. The van der Waals surface area contributed by atoms with Crippen molar-refractivity contribution in [3.63, 3.8) is 0 Å². The summed E-state index contributed by atoms with van der Waals surface area (Å²) in [5.74, 6) is 0. The summed E-state index contributed by atoms with van der Waals surface area (Å²) in [6.07, 6.45) is 17.0. The average molecular weight is 239 g/mol.